The zero-order chi connectivity index (χ0) is 15.0. The Morgan fingerprint density at radius 3 is 2.45 bits per heavy atom. The molecule has 0 aromatic rings. The van der Waals surface area contributed by atoms with E-state index in [0.29, 0.717) is 6.54 Å². The third kappa shape index (κ3) is 6.34. The molecule has 6 nitrogen and oxygen atoms in total. The number of nitrogens with one attached hydrogen (secondary N) is 2. The van der Waals surface area contributed by atoms with Gasteiger partial charge in [0.1, 0.15) is 0 Å². The minimum atomic E-state index is -0.557. The first-order chi connectivity index (χ1) is 9.50. The summed E-state index contributed by atoms with van der Waals surface area (Å²) in [6.07, 6.45) is 3.52. The number of carbonyl (C=O) groups is 2. The Kier molecular flexibility index (Phi) is 7.54. The van der Waals surface area contributed by atoms with Crippen LogP contribution in [-0.2, 0) is 9.59 Å². The van der Waals surface area contributed by atoms with Gasteiger partial charge in [0, 0.05) is 6.54 Å². The normalized spacial score (nSPS) is 17.2. The van der Waals surface area contributed by atoms with E-state index in [2.05, 4.69) is 15.5 Å². The summed E-state index contributed by atoms with van der Waals surface area (Å²) in [7, 11) is 0. The van der Waals surface area contributed by atoms with Gasteiger partial charge in [0.05, 0.1) is 12.6 Å². The highest BCUT2D eigenvalue weighted by Gasteiger charge is 2.17. The van der Waals surface area contributed by atoms with E-state index in [-0.39, 0.29) is 24.3 Å². The molecule has 0 spiro atoms. The second kappa shape index (κ2) is 8.92. The third-order valence-corrected chi connectivity index (χ3v) is 3.62. The maximum absolute atomic E-state index is 11.6. The Hall–Kier alpha value is -1.14. The highest BCUT2D eigenvalue weighted by atomic mass is 16.2. The number of nitrogens with two attached hydrogens (primary N) is 1. The van der Waals surface area contributed by atoms with Crippen LogP contribution in [0.4, 0.5) is 0 Å². The van der Waals surface area contributed by atoms with Crippen molar-refractivity contribution >= 4 is 11.8 Å². The molecule has 20 heavy (non-hydrogen) atoms. The Balaban J connectivity index is 2.03. The van der Waals surface area contributed by atoms with Gasteiger partial charge in [0.25, 0.3) is 0 Å². The van der Waals surface area contributed by atoms with Crippen LogP contribution in [0.5, 0.6) is 0 Å². The van der Waals surface area contributed by atoms with Crippen molar-refractivity contribution in [2.24, 2.45) is 11.7 Å². The fourth-order valence-electron chi connectivity index (χ4n) is 2.19. The van der Waals surface area contributed by atoms with Gasteiger partial charge in [-0.2, -0.15) is 0 Å². The Bertz CT molecular complexity index is 314. The van der Waals surface area contributed by atoms with Crippen molar-refractivity contribution in [1.82, 2.24) is 15.5 Å². The number of hydrogen-bond acceptors (Lipinski definition) is 4. The van der Waals surface area contributed by atoms with E-state index in [9.17, 15) is 9.59 Å². The van der Waals surface area contributed by atoms with Gasteiger partial charge in [-0.15, -0.1) is 0 Å². The maximum atomic E-state index is 11.6. The van der Waals surface area contributed by atoms with E-state index in [1.54, 1.807) is 0 Å². The smallest absolute Gasteiger partial charge is 0.239 e. The van der Waals surface area contributed by atoms with Crippen LogP contribution >= 0.6 is 0 Å². The molecule has 1 atom stereocenters. The molecule has 0 radical (unpaired) electrons. The Morgan fingerprint density at radius 1 is 1.20 bits per heavy atom. The standard InChI is InChI=1S/C14H28N4O2/c1-11(2)13(15)14(20)17-10-12(19)16-6-5-9-18-7-3-4-8-18/h11,13H,3-10,15H2,1-2H3,(H,16,19)(H,17,20)/t13-/m0/s1. The lowest BCUT2D eigenvalue weighted by Gasteiger charge is -2.16. The van der Waals surface area contributed by atoms with E-state index >= 15 is 0 Å². The predicted octanol–water partition coefficient (Wildman–Crippen LogP) is -0.312. The molecule has 116 valence electrons. The van der Waals surface area contributed by atoms with Gasteiger partial charge in [-0.05, 0) is 44.8 Å². The van der Waals surface area contributed by atoms with Crippen molar-refractivity contribution in [1.29, 1.82) is 0 Å². The molecule has 1 rings (SSSR count). The summed E-state index contributed by atoms with van der Waals surface area (Å²) < 4.78 is 0. The first-order valence-corrected chi connectivity index (χ1v) is 7.53. The number of rotatable bonds is 8. The van der Waals surface area contributed by atoms with E-state index in [1.165, 1.54) is 25.9 Å². The molecule has 6 heteroatoms. The fourth-order valence-corrected chi connectivity index (χ4v) is 2.19. The lowest BCUT2D eigenvalue weighted by molar-refractivity contribution is -0.127. The molecule has 0 saturated carbocycles. The van der Waals surface area contributed by atoms with Crippen molar-refractivity contribution in [2.75, 3.05) is 32.7 Å². The molecular formula is C14H28N4O2. The van der Waals surface area contributed by atoms with Crippen LogP contribution in [0.25, 0.3) is 0 Å². The SMILES string of the molecule is CC(C)[C@H](N)C(=O)NCC(=O)NCCCN1CCCC1. The maximum Gasteiger partial charge on any atom is 0.239 e. The highest BCUT2D eigenvalue weighted by molar-refractivity contribution is 5.87. The van der Waals surface area contributed by atoms with Crippen molar-refractivity contribution in [3.05, 3.63) is 0 Å². The second-order valence-corrected chi connectivity index (χ2v) is 5.74. The van der Waals surface area contributed by atoms with Crippen molar-refractivity contribution in [2.45, 2.75) is 39.2 Å². The van der Waals surface area contributed by atoms with E-state index in [0.717, 1.165) is 13.0 Å². The molecule has 2 amide bonds. The zero-order valence-corrected chi connectivity index (χ0v) is 12.7. The molecule has 0 aliphatic carbocycles. The van der Waals surface area contributed by atoms with Crippen LogP contribution in [-0.4, -0.2) is 55.5 Å². The lowest BCUT2D eigenvalue weighted by Crippen LogP contribution is -2.47. The van der Waals surface area contributed by atoms with Gasteiger partial charge in [0.15, 0.2) is 0 Å². The summed E-state index contributed by atoms with van der Waals surface area (Å²) in [5.41, 5.74) is 5.69. The average molecular weight is 284 g/mol. The molecule has 1 saturated heterocycles. The summed E-state index contributed by atoms with van der Waals surface area (Å²) in [5.74, 6) is -0.360. The number of carbonyl (C=O) groups excluding carboxylic acids is 2. The third-order valence-electron chi connectivity index (χ3n) is 3.62. The summed E-state index contributed by atoms with van der Waals surface area (Å²) in [5, 5.41) is 5.37. The minimum absolute atomic E-state index is 0.00294. The molecule has 0 unspecified atom stereocenters. The molecule has 1 heterocycles. The summed E-state index contributed by atoms with van der Waals surface area (Å²) in [4.78, 5) is 25.5. The van der Waals surface area contributed by atoms with Crippen molar-refractivity contribution in [3.63, 3.8) is 0 Å². The molecule has 1 aliphatic heterocycles. The zero-order valence-electron chi connectivity index (χ0n) is 12.7. The highest BCUT2D eigenvalue weighted by Crippen LogP contribution is 2.06. The number of hydrogen-bond donors (Lipinski definition) is 3. The Morgan fingerprint density at radius 2 is 1.85 bits per heavy atom. The van der Waals surface area contributed by atoms with Crippen molar-refractivity contribution < 1.29 is 9.59 Å². The molecule has 0 aromatic heterocycles. The van der Waals surface area contributed by atoms with Crippen molar-refractivity contribution in [3.8, 4) is 0 Å². The summed E-state index contributed by atoms with van der Waals surface area (Å²) in [6, 6.07) is -0.557. The molecular weight excluding hydrogens is 256 g/mol. The molecule has 0 aromatic carbocycles. The van der Waals surface area contributed by atoms with Gasteiger partial charge in [-0.25, -0.2) is 0 Å². The van der Waals surface area contributed by atoms with Gasteiger partial charge >= 0.3 is 0 Å². The monoisotopic (exact) mass is 284 g/mol. The summed E-state index contributed by atoms with van der Waals surface area (Å²) >= 11 is 0. The topological polar surface area (TPSA) is 87.5 Å². The van der Waals surface area contributed by atoms with Gasteiger partial charge in [-0.3, -0.25) is 9.59 Å². The van der Waals surface area contributed by atoms with Crippen LogP contribution in [0.1, 0.15) is 33.1 Å². The predicted molar refractivity (Wildman–Crippen MR) is 79.1 cm³/mol. The van der Waals surface area contributed by atoms with Gasteiger partial charge in [-0.1, -0.05) is 13.8 Å². The minimum Gasteiger partial charge on any atom is -0.355 e. The van der Waals surface area contributed by atoms with Gasteiger partial charge in [0.2, 0.25) is 11.8 Å². The Labute approximate surface area is 121 Å². The first kappa shape index (κ1) is 16.9. The van der Waals surface area contributed by atoms with Crippen LogP contribution in [0.3, 0.4) is 0 Å². The fraction of sp³-hybridized carbons (Fsp3) is 0.857. The second-order valence-electron chi connectivity index (χ2n) is 5.74. The van der Waals surface area contributed by atoms with Crippen LogP contribution in [0, 0.1) is 5.92 Å². The average Bonchev–Trinajstić information content (AvgIpc) is 2.93. The van der Waals surface area contributed by atoms with Crippen LogP contribution in [0.2, 0.25) is 0 Å². The van der Waals surface area contributed by atoms with E-state index in [1.807, 2.05) is 13.8 Å². The van der Waals surface area contributed by atoms with Crippen LogP contribution in [0.15, 0.2) is 0 Å². The molecule has 1 aliphatic rings. The number of likely N-dealkylation sites (tertiary alicyclic amines) is 1. The quantitative estimate of drug-likeness (QED) is 0.534. The van der Waals surface area contributed by atoms with E-state index < -0.39 is 6.04 Å². The molecule has 0 bridgehead atoms. The lowest BCUT2D eigenvalue weighted by atomic mass is 10.1. The van der Waals surface area contributed by atoms with E-state index in [4.69, 9.17) is 5.73 Å². The number of amides is 2. The van der Waals surface area contributed by atoms with Gasteiger partial charge < -0.3 is 21.3 Å². The van der Waals surface area contributed by atoms with Crippen LogP contribution < -0.4 is 16.4 Å². The summed E-state index contributed by atoms with van der Waals surface area (Å²) in [6.45, 7) is 7.80. The largest absolute Gasteiger partial charge is 0.355 e. The molecule has 1 fully saturated rings. The molecule has 4 N–H and O–H groups in total. The first-order valence-electron chi connectivity index (χ1n) is 7.53. The number of nitrogens with zero attached hydrogens (tertiary/aromatic N) is 1.